The molecule has 0 atom stereocenters. The lowest BCUT2D eigenvalue weighted by molar-refractivity contribution is 0.309. The number of hydrazone groups is 1. The van der Waals surface area contributed by atoms with Crippen molar-refractivity contribution in [2.75, 3.05) is 13.2 Å². The van der Waals surface area contributed by atoms with E-state index in [2.05, 4.69) is 22.5 Å². The standard InChI is InChI=1S/C21H22N4O3S/c1-2-3-15-28-18-11-9-17(10-12-18)16-23-25(14-6-13-22)21-19-7-4-5-8-20(19)29(26,27)24-21/h4-5,7-12,16H,2-3,6,14-15H2,1H3/b23-16-. The maximum atomic E-state index is 12.3. The van der Waals surface area contributed by atoms with E-state index >= 15 is 0 Å². The maximum absolute atomic E-state index is 12.3. The third-order valence-corrected chi connectivity index (χ3v) is 5.61. The second-order valence-corrected chi connectivity index (χ2v) is 8.01. The van der Waals surface area contributed by atoms with E-state index in [-0.39, 0.29) is 23.7 Å². The second-order valence-electron chi connectivity index (χ2n) is 6.43. The van der Waals surface area contributed by atoms with Gasteiger partial charge in [0.15, 0.2) is 5.84 Å². The van der Waals surface area contributed by atoms with Gasteiger partial charge in [0, 0.05) is 5.56 Å². The molecular weight excluding hydrogens is 388 g/mol. The van der Waals surface area contributed by atoms with E-state index in [4.69, 9.17) is 10.00 Å². The minimum absolute atomic E-state index is 0.153. The minimum Gasteiger partial charge on any atom is -0.494 e. The normalized spacial score (nSPS) is 14.3. The molecule has 1 heterocycles. The van der Waals surface area contributed by atoms with Crippen LogP contribution in [0.15, 0.2) is 62.9 Å². The minimum atomic E-state index is -3.75. The van der Waals surface area contributed by atoms with Gasteiger partial charge in [-0.05, 0) is 48.4 Å². The van der Waals surface area contributed by atoms with E-state index in [1.54, 1.807) is 24.4 Å². The molecular formula is C21H22N4O3S. The molecule has 1 aliphatic heterocycles. The molecule has 0 radical (unpaired) electrons. The Morgan fingerprint density at radius 1 is 1.21 bits per heavy atom. The fraction of sp³-hybridized carbons (Fsp3) is 0.286. The number of hydrogen-bond acceptors (Lipinski definition) is 6. The van der Waals surface area contributed by atoms with Crippen LogP contribution in [0.1, 0.15) is 37.3 Å². The van der Waals surface area contributed by atoms with E-state index in [1.807, 2.05) is 24.3 Å². The number of benzene rings is 2. The Kier molecular flexibility index (Phi) is 6.62. The number of ether oxygens (including phenoxy) is 1. The van der Waals surface area contributed by atoms with Crippen LogP contribution in [0.25, 0.3) is 0 Å². The van der Waals surface area contributed by atoms with Crippen LogP contribution < -0.4 is 4.74 Å². The predicted molar refractivity (Wildman–Crippen MR) is 112 cm³/mol. The first-order chi connectivity index (χ1) is 14.0. The molecule has 0 unspecified atom stereocenters. The van der Waals surface area contributed by atoms with Crippen LogP contribution in [-0.2, 0) is 10.0 Å². The molecule has 1 aliphatic rings. The van der Waals surface area contributed by atoms with Gasteiger partial charge in [-0.25, -0.2) is 5.01 Å². The number of unbranched alkanes of at least 4 members (excludes halogenated alkanes) is 1. The van der Waals surface area contributed by atoms with E-state index < -0.39 is 10.0 Å². The topological polar surface area (TPSA) is 95.1 Å². The third-order valence-electron chi connectivity index (χ3n) is 4.29. The Morgan fingerprint density at radius 3 is 2.69 bits per heavy atom. The first kappa shape index (κ1) is 20.6. The van der Waals surface area contributed by atoms with Gasteiger partial charge in [0.25, 0.3) is 10.0 Å². The summed E-state index contributed by atoms with van der Waals surface area (Å²) in [5, 5.41) is 14.8. The smallest absolute Gasteiger partial charge is 0.285 e. The van der Waals surface area contributed by atoms with E-state index in [1.165, 1.54) is 11.1 Å². The van der Waals surface area contributed by atoms with Crippen molar-refractivity contribution in [3.63, 3.8) is 0 Å². The molecule has 150 valence electrons. The van der Waals surface area contributed by atoms with Gasteiger partial charge < -0.3 is 4.74 Å². The molecule has 0 saturated carbocycles. The average Bonchev–Trinajstić information content (AvgIpc) is 3.00. The highest BCUT2D eigenvalue weighted by Crippen LogP contribution is 2.27. The Balaban J connectivity index is 1.81. The highest BCUT2D eigenvalue weighted by atomic mass is 32.2. The Hall–Kier alpha value is -3.18. The summed E-state index contributed by atoms with van der Waals surface area (Å²) in [7, 11) is -3.75. The molecule has 2 aromatic rings. The van der Waals surface area contributed by atoms with Gasteiger partial charge in [-0.2, -0.15) is 18.8 Å². The van der Waals surface area contributed by atoms with Crippen molar-refractivity contribution in [2.45, 2.75) is 31.1 Å². The molecule has 0 spiro atoms. The van der Waals surface area contributed by atoms with Crippen LogP contribution in [0.2, 0.25) is 0 Å². The van der Waals surface area contributed by atoms with Gasteiger partial charge in [-0.3, -0.25) is 0 Å². The van der Waals surface area contributed by atoms with Crippen LogP contribution in [-0.4, -0.2) is 38.6 Å². The largest absolute Gasteiger partial charge is 0.494 e. The number of sulfonamides is 1. The fourth-order valence-electron chi connectivity index (χ4n) is 2.77. The van der Waals surface area contributed by atoms with E-state index in [9.17, 15) is 8.42 Å². The molecule has 2 aromatic carbocycles. The number of rotatable bonds is 8. The van der Waals surface area contributed by atoms with E-state index in [0.29, 0.717) is 12.2 Å². The molecule has 29 heavy (non-hydrogen) atoms. The lowest BCUT2D eigenvalue weighted by atomic mass is 10.2. The molecule has 0 amide bonds. The highest BCUT2D eigenvalue weighted by molar-refractivity contribution is 7.90. The number of amidine groups is 1. The van der Waals surface area contributed by atoms with Crippen LogP contribution in [0, 0.1) is 11.3 Å². The summed E-state index contributed by atoms with van der Waals surface area (Å²) in [6.07, 6.45) is 3.88. The van der Waals surface area contributed by atoms with Crippen LogP contribution in [0.5, 0.6) is 5.75 Å². The van der Waals surface area contributed by atoms with Crippen molar-refractivity contribution < 1.29 is 13.2 Å². The third kappa shape index (κ3) is 5.00. The Labute approximate surface area is 171 Å². The molecule has 7 nitrogen and oxygen atoms in total. The van der Waals surface area contributed by atoms with Gasteiger partial charge in [-0.15, -0.1) is 4.40 Å². The number of fused-ring (bicyclic) bond motifs is 1. The summed E-state index contributed by atoms with van der Waals surface area (Å²) in [5.41, 5.74) is 1.31. The van der Waals surface area contributed by atoms with E-state index in [0.717, 1.165) is 24.2 Å². The lowest BCUT2D eigenvalue weighted by Crippen LogP contribution is -2.27. The van der Waals surface area contributed by atoms with Crippen molar-refractivity contribution in [1.29, 1.82) is 5.26 Å². The Bertz CT molecular complexity index is 1050. The predicted octanol–water partition coefficient (Wildman–Crippen LogP) is 3.56. The summed E-state index contributed by atoms with van der Waals surface area (Å²) >= 11 is 0. The molecule has 0 aliphatic carbocycles. The van der Waals surface area contributed by atoms with Gasteiger partial charge in [-0.1, -0.05) is 25.5 Å². The van der Waals surface area contributed by atoms with Crippen molar-refractivity contribution in [1.82, 2.24) is 5.01 Å². The van der Waals surface area contributed by atoms with Gasteiger partial charge in [0.2, 0.25) is 0 Å². The quantitative estimate of drug-likeness (QED) is 0.377. The molecule has 8 heteroatoms. The summed E-state index contributed by atoms with van der Waals surface area (Å²) in [6, 6.07) is 16.1. The average molecular weight is 410 g/mol. The maximum Gasteiger partial charge on any atom is 0.285 e. The highest BCUT2D eigenvalue weighted by Gasteiger charge is 2.31. The lowest BCUT2D eigenvalue weighted by Gasteiger charge is -2.17. The molecule has 0 N–H and O–H groups in total. The Morgan fingerprint density at radius 2 is 1.97 bits per heavy atom. The van der Waals surface area contributed by atoms with Crippen molar-refractivity contribution in [3.8, 4) is 11.8 Å². The van der Waals surface area contributed by atoms with Crippen LogP contribution >= 0.6 is 0 Å². The summed E-state index contributed by atoms with van der Waals surface area (Å²) in [5.74, 6) is 1.02. The van der Waals surface area contributed by atoms with Gasteiger partial charge >= 0.3 is 0 Å². The summed E-state index contributed by atoms with van der Waals surface area (Å²) in [6.45, 7) is 3.02. The van der Waals surface area contributed by atoms with Gasteiger partial charge in [0.05, 0.1) is 31.9 Å². The zero-order chi connectivity index (χ0) is 20.7. The molecule has 3 rings (SSSR count). The second kappa shape index (κ2) is 9.34. The monoisotopic (exact) mass is 410 g/mol. The van der Waals surface area contributed by atoms with Crippen LogP contribution in [0.4, 0.5) is 0 Å². The zero-order valence-corrected chi connectivity index (χ0v) is 17.0. The number of nitriles is 1. The number of nitrogens with zero attached hydrogens (tertiary/aromatic N) is 4. The molecule has 0 saturated heterocycles. The van der Waals surface area contributed by atoms with Gasteiger partial charge in [0.1, 0.15) is 10.6 Å². The van der Waals surface area contributed by atoms with Crippen LogP contribution in [0.3, 0.4) is 0 Å². The molecule has 0 bridgehead atoms. The number of hydrogen-bond donors (Lipinski definition) is 0. The molecule has 0 fully saturated rings. The first-order valence-electron chi connectivity index (χ1n) is 9.41. The first-order valence-corrected chi connectivity index (χ1v) is 10.8. The fourth-order valence-corrected chi connectivity index (χ4v) is 3.98. The SMILES string of the molecule is CCCCOc1ccc(/C=N\N(CCC#N)C2=NS(=O)(=O)c3ccccc32)cc1. The molecule has 0 aromatic heterocycles. The van der Waals surface area contributed by atoms with Crippen molar-refractivity contribution in [2.24, 2.45) is 9.50 Å². The summed E-state index contributed by atoms with van der Waals surface area (Å²) in [4.78, 5) is 0.153. The van der Waals surface area contributed by atoms with Crippen molar-refractivity contribution in [3.05, 3.63) is 59.7 Å². The summed E-state index contributed by atoms with van der Waals surface area (Å²) < 4.78 is 34.2. The zero-order valence-electron chi connectivity index (χ0n) is 16.2. The van der Waals surface area contributed by atoms with Crippen molar-refractivity contribution >= 4 is 22.1 Å².